The summed E-state index contributed by atoms with van der Waals surface area (Å²) in [5.41, 5.74) is 7.68. The molecule has 0 radical (unpaired) electrons. The molecule has 0 amide bonds. The molecule has 2 N–H and O–H groups in total. The van der Waals surface area contributed by atoms with E-state index in [9.17, 15) is 0 Å². The van der Waals surface area contributed by atoms with Crippen molar-refractivity contribution < 1.29 is 9.15 Å². The Balaban J connectivity index is 2.11. The Kier molecular flexibility index (Phi) is 3.33. The Bertz CT molecular complexity index is 540. The second-order valence-corrected chi connectivity index (χ2v) is 4.54. The standard InChI is InChI=1S/C11H12BrN3O2/c1-6-3-8(12)9(4-7(6)2)16-5-10-14-15-11(13)17-10/h3-4H,5H2,1-2H3,(H2,13,15). The van der Waals surface area contributed by atoms with Gasteiger partial charge in [-0.3, -0.25) is 0 Å². The van der Waals surface area contributed by atoms with Gasteiger partial charge in [-0.15, -0.1) is 5.10 Å². The van der Waals surface area contributed by atoms with Crippen LogP contribution in [-0.4, -0.2) is 10.2 Å². The monoisotopic (exact) mass is 297 g/mol. The number of aryl methyl sites for hydroxylation is 2. The number of ether oxygens (including phenoxy) is 1. The molecule has 0 aliphatic carbocycles. The number of nitrogens with zero attached hydrogens (tertiary/aromatic N) is 2. The molecular formula is C11H12BrN3O2. The maximum Gasteiger partial charge on any atom is 0.312 e. The zero-order valence-corrected chi connectivity index (χ0v) is 11.1. The van der Waals surface area contributed by atoms with Crippen molar-refractivity contribution in [1.82, 2.24) is 10.2 Å². The highest BCUT2D eigenvalue weighted by Gasteiger charge is 2.07. The third kappa shape index (κ3) is 2.76. The summed E-state index contributed by atoms with van der Waals surface area (Å²) in [5, 5.41) is 7.27. The van der Waals surface area contributed by atoms with Crippen molar-refractivity contribution in [3.05, 3.63) is 33.6 Å². The third-order valence-corrected chi connectivity index (χ3v) is 3.00. The average molecular weight is 298 g/mol. The summed E-state index contributed by atoms with van der Waals surface area (Å²) in [5.74, 6) is 1.09. The molecule has 5 nitrogen and oxygen atoms in total. The number of aromatic nitrogens is 2. The van der Waals surface area contributed by atoms with Gasteiger partial charge in [-0.25, -0.2) is 0 Å². The van der Waals surface area contributed by atoms with Crippen LogP contribution >= 0.6 is 15.9 Å². The Morgan fingerprint density at radius 2 is 2.00 bits per heavy atom. The molecule has 1 aromatic carbocycles. The molecular weight excluding hydrogens is 286 g/mol. The van der Waals surface area contributed by atoms with E-state index in [0.29, 0.717) is 5.89 Å². The smallest absolute Gasteiger partial charge is 0.312 e. The number of hydrogen-bond acceptors (Lipinski definition) is 5. The Labute approximate surface area is 107 Å². The van der Waals surface area contributed by atoms with Gasteiger partial charge in [0.1, 0.15) is 5.75 Å². The molecule has 2 aromatic rings. The van der Waals surface area contributed by atoms with E-state index in [4.69, 9.17) is 14.9 Å². The van der Waals surface area contributed by atoms with Gasteiger partial charge >= 0.3 is 6.01 Å². The van der Waals surface area contributed by atoms with Crippen molar-refractivity contribution in [2.24, 2.45) is 0 Å². The summed E-state index contributed by atoms with van der Waals surface area (Å²) in [6.45, 7) is 4.27. The first-order valence-corrected chi connectivity index (χ1v) is 5.83. The van der Waals surface area contributed by atoms with Crippen LogP contribution in [0.5, 0.6) is 5.75 Å². The number of halogens is 1. The lowest BCUT2D eigenvalue weighted by Crippen LogP contribution is -1.97. The minimum Gasteiger partial charge on any atom is -0.483 e. The van der Waals surface area contributed by atoms with Gasteiger partial charge in [0.05, 0.1) is 4.47 Å². The minimum atomic E-state index is 0.0442. The number of hydrogen-bond donors (Lipinski definition) is 1. The lowest BCUT2D eigenvalue weighted by molar-refractivity contribution is 0.263. The first kappa shape index (κ1) is 11.9. The van der Waals surface area contributed by atoms with E-state index in [0.717, 1.165) is 15.8 Å². The number of nitrogens with two attached hydrogens (primary N) is 1. The summed E-state index contributed by atoms with van der Waals surface area (Å²) < 4.78 is 11.5. The third-order valence-electron chi connectivity index (χ3n) is 2.38. The van der Waals surface area contributed by atoms with Crippen LogP contribution in [0.1, 0.15) is 17.0 Å². The van der Waals surface area contributed by atoms with Crippen molar-refractivity contribution in [3.8, 4) is 5.75 Å². The average Bonchev–Trinajstić information content (AvgIpc) is 2.68. The van der Waals surface area contributed by atoms with Gasteiger partial charge in [-0.1, -0.05) is 5.10 Å². The molecule has 0 spiro atoms. The van der Waals surface area contributed by atoms with Crippen LogP contribution in [0, 0.1) is 13.8 Å². The molecule has 6 heteroatoms. The number of nitrogen functional groups attached to an aromatic ring is 1. The molecule has 90 valence electrons. The SMILES string of the molecule is Cc1cc(Br)c(OCc2nnc(N)o2)cc1C. The first-order valence-electron chi connectivity index (χ1n) is 5.03. The first-order chi connectivity index (χ1) is 8.06. The summed E-state index contributed by atoms with van der Waals surface area (Å²) in [7, 11) is 0. The summed E-state index contributed by atoms with van der Waals surface area (Å²) in [6, 6.07) is 4.01. The highest BCUT2D eigenvalue weighted by atomic mass is 79.9. The fraction of sp³-hybridized carbons (Fsp3) is 0.273. The maximum atomic E-state index is 5.57. The van der Waals surface area contributed by atoms with Gasteiger partial charge in [0.15, 0.2) is 6.61 Å². The van der Waals surface area contributed by atoms with E-state index in [1.54, 1.807) is 0 Å². The lowest BCUT2D eigenvalue weighted by Gasteiger charge is -2.09. The van der Waals surface area contributed by atoms with Crippen molar-refractivity contribution in [2.45, 2.75) is 20.5 Å². The molecule has 1 aromatic heterocycles. The van der Waals surface area contributed by atoms with Gasteiger partial charge < -0.3 is 14.9 Å². The zero-order valence-electron chi connectivity index (χ0n) is 9.53. The van der Waals surface area contributed by atoms with Gasteiger partial charge in [-0.2, -0.15) is 0 Å². The van der Waals surface area contributed by atoms with Crippen LogP contribution in [0.4, 0.5) is 6.01 Å². The van der Waals surface area contributed by atoms with E-state index >= 15 is 0 Å². The Hall–Kier alpha value is -1.56. The molecule has 0 atom stereocenters. The predicted molar refractivity (Wildman–Crippen MR) is 66.7 cm³/mol. The Morgan fingerprint density at radius 1 is 1.29 bits per heavy atom. The van der Waals surface area contributed by atoms with Crippen LogP contribution < -0.4 is 10.5 Å². The fourth-order valence-electron chi connectivity index (χ4n) is 1.33. The highest BCUT2D eigenvalue weighted by molar-refractivity contribution is 9.10. The fourth-order valence-corrected chi connectivity index (χ4v) is 1.90. The van der Waals surface area contributed by atoms with Gasteiger partial charge in [0.25, 0.3) is 5.89 Å². The van der Waals surface area contributed by atoms with Gasteiger partial charge in [0.2, 0.25) is 0 Å². The minimum absolute atomic E-state index is 0.0442. The van der Waals surface area contributed by atoms with E-state index in [1.807, 2.05) is 26.0 Å². The second-order valence-electron chi connectivity index (χ2n) is 3.69. The predicted octanol–water partition coefficient (Wildman–Crippen LogP) is 2.61. The number of anilines is 1. The summed E-state index contributed by atoms with van der Waals surface area (Å²) >= 11 is 3.44. The van der Waals surface area contributed by atoms with Crippen LogP contribution in [0.3, 0.4) is 0 Å². The van der Waals surface area contributed by atoms with E-state index < -0.39 is 0 Å². The van der Waals surface area contributed by atoms with Crippen LogP contribution in [0.25, 0.3) is 0 Å². The Morgan fingerprint density at radius 3 is 2.65 bits per heavy atom. The van der Waals surface area contributed by atoms with Crippen molar-refractivity contribution in [3.63, 3.8) is 0 Å². The molecule has 0 fully saturated rings. The number of rotatable bonds is 3. The summed E-state index contributed by atoms with van der Waals surface area (Å²) in [4.78, 5) is 0. The maximum absolute atomic E-state index is 5.57. The molecule has 0 saturated heterocycles. The van der Waals surface area contributed by atoms with Crippen molar-refractivity contribution in [1.29, 1.82) is 0 Å². The molecule has 0 unspecified atom stereocenters. The lowest BCUT2D eigenvalue weighted by atomic mass is 10.1. The van der Waals surface area contributed by atoms with Crippen molar-refractivity contribution in [2.75, 3.05) is 5.73 Å². The quantitative estimate of drug-likeness (QED) is 0.942. The molecule has 0 aliphatic heterocycles. The summed E-state index contributed by atoms with van der Waals surface area (Å²) in [6.07, 6.45) is 0. The highest BCUT2D eigenvalue weighted by Crippen LogP contribution is 2.28. The van der Waals surface area contributed by atoms with E-state index in [2.05, 4.69) is 26.1 Å². The second kappa shape index (κ2) is 4.75. The van der Waals surface area contributed by atoms with E-state index in [-0.39, 0.29) is 12.6 Å². The molecule has 0 bridgehead atoms. The topological polar surface area (TPSA) is 74.2 Å². The molecule has 2 rings (SSSR count). The molecule has 17 heavy (non-hydrogen) atoms. The van der Waals surface area contributed by atoms with Crippen LogP contribution in [0.2, 0.25) is 0 Å². The van der Waals surface area contributed by atoms with Crippen LogP contribution in [-0.2, 0) is 6.61 Å². The molecule has 1 heterocycles. The van der Waals surface area contributed by atoms with E-state index in [1.165, 1.54) is 5.56 Å². The van der Waals surface area contributed by atoms with Gasteiger partial charge in [0, 0.05) is 0 Å². The van der Waals surface area contributed by atoms with Gasteiger partial charge in [-0.05, 0) is 53.0 Å². The van der Waals surface area contributed by atoms with Crippen LogP contribution in [0.15, 0.2) is 21.0 Å². The van der Waals surface area contributed by atoms with Crippen molar-refractivity contribution >= 4 is 21.9 Å². The molecule has 0 saturated carbocycles. The number of benzene rings is 1. The zero-order chi connectivity index (χ0) is 12.4. The largest absolute Gasteiger partial charge is 0.483 e. The normalized spacial score (nSPS) is 10.5. The molecule has 0 aliphatic rings.